The number of amides is 1. The highest BCUT2D eigenvalue weighted by Crippen LogP contribution is 2.45. The molecule has 32 heavy (non-hydrogen) atoms. The van der Waals surface area contributed by atoms with Gasteiger partial charge >= 0.3 is 0 Å². The fraction of sp³-hybridized carbons (Fsp3) is 0.259. The van der Waals surface area contributed by atoms with E-state index in [0.29, 0.717) is 34.3 Å². The molecule has 1 unspecified atom stereocenters. The minimum absolute atomic E-state index is 0.292. The summed E-state index contributed by atoms with van der Waals surface area (Å²) in [6.07, 6.45) is -0.343. The molecule has 1 N–H and O–H groups in total. The lowest BCUT2D eigenvalue weighted by atomic mass is 9.87. The van der Waals surface area contributed by atoms with E-state index in [2.05, 4.69) is 13.8 Å². The quantitative estimate of drug-likeness (QED) is 0.487. The summed E-state index contributed by atoms with van der Waals surface area (Å²) in [5.74, 6) is -0.450. The molecule has 0 aromatic heterocycles. The minimum Gasteiger partial charge on any atom is -0.375 e. The van der Waals surface area contributed by atoms with Crippen molar-refractivity contribution in [1.82, 2.24) is 0 Å². The zero-order valence-electron chi connectivity index (χ0n) is 18.4. The van der Waals surface area contributed by atoms with Crippen molar-refractivity contribution in [3.8, 4) is 0 Å². The summed E-state index contributed by atoms with van der Waals surface area (Å²) in [5, 5.41) is 12.0. The van der Waals surface area contributed by atoms with Crippen molar-refractivity contribution < 1.29 is 14.7 Å². The second-order valence-corrected chi connectivity index (χ2v) is 9.15. The number of Topliss-reactive ketones (excluding diaryl/α,β-unsaturated/α-hetero) is 1. The molecule has 3 aromatic rings. The second-order valence-electron chi connectivity index (χ2n) is 8.72. The molecule has 3 aromatic carbocycles. The Morgan fingerprint density at radius 3 is 2.41 bits per heavy atom. The van der Waals surface area contributed by atoms with E-state index in [-0.39, 0.29) is 12.2 Å². The van der Waals surface area contributed by atoms with Crippen molar-refractivity contribution >= 4 is 29.0 Å². The van der Waals surface area contributed by atoms with Crippen LogP contribution in [0, 0.1) is 6.92 Å². The lowest BCUT2D eigenvalue weighted by Crippen LogP contribution is -2.41. The van der Waals surface area contributed by atoms with Crippen LogP contribution in [-0.2, 0) is 16.9 Å². The number of carbonyl (C=O) groups is 2. The van der Waals surface area contributed by atoms with Crippen LogP contribution in [-0.4, -0.2) is 16.8 Å². The van der Waals surface area contributed by atoms with Crippen LogP contribution >= 0.6 is 11.6 Å². The van der Waals surface area contributed by atoms with Gasteiger partial charge in [0.2, 0.25) is 0 Å². The first-order valence-corrected chi connectivity index (χ1v) is 11.1. The number of halogens is 1. The average molecular weight is 448 g/mol. The van der Waals surface area contributed by atoms with Gasteiger partial charge in [0, 0.05) is 16.1 Å². The number of rotatable bonds is 6. The number of carbonyl (C=O) groups excluding carboxylic acids is 2. The standard InChI is InChI=1S/C27H26ClNO3/c1-17(2)19-8-10-20(11-9-19)25(30)15-27(32)23-14-22(28)12-13-24(23)29(26(27)31)16-21-7-5-4-6-18(21)3/h4-14,17,32H,15-16H2,1-3H3. The molecule has 0 aliphatic carbocycles. The predicted molar refractivity (Wildman–Crippen MR) is 127 cm³/mol. The van der Waals surface area contributed by atoms with Crippen molar-refractivity contribution in [3.63, 3.8) is 0 Å². The Balaban J connectivity index is 1.68. The van der Waals surface area contributed by atoms with Crippen LogP contribution in [0.5, 0.6) is 0 Å². The van der Waals surface area contributed by atoms with Crippen molar-refractivity contribution in [1.29, 1.82) is 0 Å². The van der Waals surface area contributed by atoms with Crippen LogP contribution in [0.3, 0.4) is 0 Å². The van der Waals surface area contributed by atoms with E-state index in [0.717, 1.165) is 16.7 Å². The third kappa shape index (κ3) is 3.96. The number of fused-ring (bicyclic) bond motifs is 1. The normalized spacial score (nSPS) is 17.7. The molecule has 0 saturated heterocycles. The summed E-state index contributed by atoms with van der Waals surface area (Å²) in [4.78, 5) is 28.1. The topological polar surface area (TPSA) is 57.6 Å². The van der Waals surface area contributed by atoms with E-state index < -0.39 is 11.5 Å². The van der Waals surface area contributed by atoms with Crippen LogP contribution in [0.2, 0.25) is 5.02 Å². The summed E-state index contributed by atoms with van der Waals surface area (Å²) in [5.41, 5.74) is 2.60. The molecule has 1 heterocycles. The van der Waals surface area contributed by atoms with Gasteiger partial charge in [-0.15, -0.1) is 0 Å². The number of hydrogen-bond acceptors (Lipinski definition) is 3. The Kier molecular flexibility index (Phi) is 5.93. The van der Waals surface area contributed by atoms with E-state index in [4.69, 9.17) is 11.6 Å². The second kappa shape index (κ2) is 8.53. The molecule has 4 rings (SSSR count). The largest absolute Gasteiger partial charge is 0.375 e. The third-order valence-electron chi connectivity index (χ3n) is 6.20. The molecule has 0 fully saturated rings. The zero-order valence-corrected chi connectivity index (χ0v) is 19.2. The summed E-state index contributed by atoms with van der Waals surface area (Å²) < 4.78 is 0. The first-order chi connectivity index (χ1) is 15.2. The number of aliphatic hydroxyl groups is 1. The lowest BCUT2D eigenvalue weighted by molar-refractivity contribution is -0.136. The molecule has 0 spiro atoms. The van der Waals surface area contributed by atoms with E-state index in [1.165, 1.54) is 0 Å². The van der Waals surface area contributed by atoms with E-state index in [1.54, 1.807) is 35.2 Å². The molecule has 1 aliphatic heterocycles. The summed E-state index contributed by atoms with van der Waals surface area (Å²) in [6.45, 7) is 6.45. The Morgan fingerprint density at radius 2 is 1.75 bits per heavy atom. The van der Waals surface area contributed by atoms with Gasteiger partial charge in [0.1, 0.15) is 0 Å². The van der Waals surface area contributed by atoms with Gasteiger partial charge in [0.05, 0.1) is 18.7 Å². The van der Waals surface area contributed by atoms with Gasteiger partial charge in [-0.1, -0.05) is 74.0 Å². The Morgan fingerprint density at radius 1 is 1.06 bits per heavy atom. The molecule has 1 atom stereocenters. The van der Waals surface area contributed by atoms with Gasteiger partial charge in [0.25, 0.3) is 5.91 Å². The summed E-state index contributed by atoms with van der Waals surface area (Å²) in [6, 6.07) is 20.1. The maximum Gasteiger partial charge on any atom is 0.264 e. The summed E-state index contributed by atoms with van der Waals surface area (Å²) >= 11 is 6.21. The van der Waals surface area contributed by atoms with E-state index in [1.807, 2.05) is 43.3 Å². The zero-order chi connectivity index (χ0) is 23.0. The monoisotopic (exact) mass is 447 g/mol. The molecular weight excluding hydrogens is 422 g/mol. The molecule has 1 amide bonds. The Labute approximate surface area is 193 Å². The fourth-order valence-corrected chi connectivity index (χ4v) is 4.37. The Bertz CT molecular complexity index is 1190. The lowest BCUT2D eigenvalue weighted by Gasteiger charge is -2.23. The van der Waals surface area contributed by atoms with Crippen LogP contribution < -0.4 is 4.90 Å². The van der Waals surface area contributed by atoms with Crippen molar-refractivity contribution in [3.05, 3.63) is 99.6 Å². The van der Waals surface area contributed by atoms with Gasteiger partial charge in [0.15, 0.2) is 11.4 Å². The predicted octanol–water partition coefficient (Wildman–Crippen LogP) is 5.78. The van der Waals surface area contributed by atoms with Crippen LogP contribution in [0.15, 0.2) is 66.7 Å². The van der Waals surface area contributed by atoms with Gasteiger partial charge in [-0.05, 0) is 47.7 Å². The number of ketones is 1. The van der Waals surface area contributed by atoms with Crippen molar-refractivity contribution in [2.45, 2.75) is 45.3 Å². The number of nitrogens with zero attached hydrogens (tertiary/aromatic N) is 1. The van der Waals surface area contributed by atoms with Gasteiger partial charge in [-0.2, -0.15) is 0 Å². The van der Waals surface area contributed by atoms with Gasteiger partial charge < -0.3 is 10.0 Å². The third-order valence-corrected chi connectivity index (χ3v) is 6.43. The molecule has 0 saturated carbocycles. The average Bonchev–Trinajstić information content (AvgIpc) is 2.96. The molecule has 1 aliphatic rings. The molecule has 4 nitrogen and oxygen atoms in total. The van der Waals surface area contributed by atoms with Crippen LogP contribution in [0.25, 0.3) is 0 Å². The number of aryl methyl sites for hydroxylation is 1. The maximum atomic E-state index is 13.5. The van der Waals surface area contributed by atoms with Crippen molar-refractivity contribution in [2.24, 2.45) is 0 Å². The number of anilines is 1. The number of hydrogen-bond donors (Lipinski definition) is 1. The molecule has 5 heteroatoms. The SMILES string of the molecule is Cc1ccccc1CN1C(=O)C(O)(CC(=O)c2ccc(C(C)C)cc2)c2cc(Cl)ccc21. The highest BCUT2D eigenvalue weighted by Gasteiger charge is 2.51. The molecule has 0 bridgehead atoms. The highest BCUT2D eigenvalue weighted by atomic mass is 35.5. The fourth-order valence-electron chi connectivity index (χ4n) is 4.20. The van der Waals surface area contributed by atoms with E-state index >= 15 is 0 Å². The van der Waals surface area contributed by atoms with Crippen molar-refractivity contribution in [2.75, 3.05) is 4.90 Å². The first-order valence-electron chi connectivity index (χ1n) is 10.7. The minimum atomic E-state index is -1.96. The highest BCUT2D eigenvalue weighted by molar-refractivity contribution is 6.31. The number of benzene rings is 3. The van der Waals surface area contributed by atoms with Gasteiger partial charge in [-0.25, -0.2) is 0 Å². The molecule has 0 radical (unpaired) electrons. The first kappa shape index (κ1) is 22.3. The Hall–Kier alpha value is -2.95. The van der Waals surface area contributed by atoms with Crippen LogP contribution in [0.4, 0.5) is 5.69 Å². The van der Waals surface area contributed by atoms with Crippen LogP contribution in [0.1, 0.15) is 58.8 Å². The van der Waals surface area contributed by atoms with Gasteiger partial charge in [-0.3, -0.25) is 9.59 Å². The summed E-state index contributed by atoms with van der Waals surface area (Å²) in [7, 11) is 0. The smallest absolute Gasteiger partial charge is 0.264 e. The van der Waals surface area contributed by atoms with E-state index in [9.17, 15) is 14.7 Å². The maximum absolute atomic E-state index is 13.5. The molecule has 164 valence electrons. The molecular formula is C27H26ClNO3.